The van der Waals surface area contributed by atoms with Gasteiger partial charge in [-0.25, -0.2) is 0 Å². The summed E-state index contributed by atoms with van der Waals surface area (Å²) in [5, 5.41) is 8.91. The Balaban J connectivity index is 2.27. The molecule has 1 aliphatic rings. The predicted molar refractivity (Wildman–Crippen MR) is 45.2 cm³/mol. The van der Waals surface area contributed by atoms with Crippen molar-refractivity contribution in [2.75, 3.05) is 25.3 Å². The van der Waals surface area contributed by atoms with Crippen LogP contribution in [0.25, 0.3) is 0 Å². The van der Waals surface area contributed by atoms with Crippen LogP contribution in [0.1, 0.15) is 12.8 Å². The molecule has 0 radical (unpaired) electrons. The first-order valence-electron chi connectivity index (χ1n) is 3.72. The van der Waals surface area contributed by atoms with E-state index in [2.05, 4.69) is 11.2 Å². The van der Waals surface area contributed by atoms with E-state index in [1.54, 1.807) is 0 Å². The lowest BCUT2D eigenvalue weighted by molar-refractivity contribution is 0.177. The maximum Gasteiger partial charge on any atom is 0.0587 e. The quantitative estimate of drug-likeness (QED) is 0.661. The van der Waals surface area contributed by atoms with Crippen molar-refractivity contribution in [2.45, 2.75) is 18.9 Å². The molecular weight excluding hydrogens is 146 g/mol. The van der Waals surface area contributed by atoms with E-state index in [-0.39, 0.29) is 0 Å². The highest BCUT2D eigenvalue weighted by atomic mass is 32.2. The van der Waals surface area contributed by atoms with Gasteiger partial charge in [-0.3, -0.25) is 4.90 Å². The molecule has 60 valence electrons. The van der Waals surface area contributed by atoms with Gasteiger partial charge in [-0.05, 0) is 25.6 Å². The van der Waals surface area contributed by atoms with Crippen LogP contribution in [0.4, 0.5) is 0 Å². The highest BCUT2D eigenvalue weighted by Crippen LogP contribution is 2.17. The number of hydrogen-bond donors (Lipinski definition) is 1. The van der Waals surface area contributed by atoms with Gasteiger partial charge >= 0.3 is 0 Å². The number of nitrogens with zero attached hydrogens (tertiary/aromatic N) is 1. The zero-order chi connectivity index (χ0) is 7.40. The van der Waals surface area contributed by atoms with E-state index in [0.29, 0.717) is 12.6 Å². The summed E-state index contributed by atoms with van der Waals surface area (Å²) >= 11 is 1.83. The SMILES string of the molecule is CSCN1CCC[C@@H]1CO. The smallest absolute Gasteiger partial charge is 0.0587 e. The van der Waals surface area contributed by atoms with E-state index in [4.69, 9.17) is 5.11 Å². The van der Waals surface area contributed by atoms with Crippen molar-refractivity contribution in [3.8, 4) is 0 Å². The van der Waals surface area contributed by atoms with Crippen molar-refractivity contribution in [3.05, 3.63) is 0 Å². The molecule has 0 aromatic carbocycles. The fraction of sp³-hybridized carbons (Fsp3) is 1.00. The van der Waals surface area contributed by atoms with Crippen molar-refractivity contribution in [1.82, 2.24) is 4.90 Å². The largest absolute Gasteiger partial charge is 0.395 e. The van der Waals surface area contributed by atoms with E-state index in [1.807, 2.05) is 11.8 Å². The van der Waals surface area contributed by atoms with Crippen LogP contribution in [0.5, 0.6) is 0 Å². The van der Waals surface area contributed by atoms with Crippen LogP contribution in [0.15, 0.2) is 0 Å². The molecule has 0 aromatic heterocycles. The summed E-state index contributed by atoms with van der Waals surface area (Å²) in [4.78, 5) is 2.35. The minimum absolute atomic E-state index is 0.334. The summed E-state index contributed by atoms with van der Waals surface area (Å²) in [6.45, 7) is 1.51. The average molecular weight is 161 g/mol. The standard InChI is InChI=1S/C7H15NOS/c1-10-6-8-4-2-3-7(8)5-9/h7,9H,2-6H2,1H3/t7-/m1/s1. The van der Waals surface area contributed by atoms with E-state index >= 15 is 0 Å². The molecule has 1 aliphatic heterocycles. The summed E-state index contributed by atoms with van der Waals surface area (Å²) in [7, 11) is 0. The van der Waals surface area contributed by atoms with Gasteiger partial charge in [0.05, 0.1) is 6.61 Å². The summed E-state index contributed by atoms with van der Waals surface area (Å²) in [6.07, 6.45) is 4.54. The van der Waals surface area contributed by atoms with Crippen LogP contribution in [-0.4, -0.2) is 41.3 Å². The van der Waals surface area contributed by atoms with E-state index in [0.717, 1.165) is 5.88 Å². The molecule has 1 fully saturated rings. The normalized spacial score (nSPS) is 27.6. The Morgan fingerprint density at radius 1 is 1.70 bits per heavy atom. The molecule has 0 aromatic rings. The Bertz CT molecular complexity index is 99.6. The summed E-state index contributed by atoms with van der Waals surface area (Å²) in [6, 6.07) is 0.451. The van der Waals surface area contributed by atoms with Gasteiger partial charge in [-0.2, -0.15) is 0 Å². The van der Waals surface area contributed by atoms with Crippen molar-refractivity contribution >= 4 is 11.8 Å². The van der Waals surface area contributed by atoms with Gasteiger partial charge in [-0.1, -0.05) is 0 Å². The van der Waals surface area contributed by atoms with E-state index in [9.17, 15) is 0 Å². The van der Waals surface area contributed by atoms with Gasteiger partial charge in [0, 0.05) is 11.9 Å². The molecule has 1 N–H and O–H groups in total. The maximum atomic E-state index is 8.91. The third-order valence-corrected chi connectivity index (χ3v) is 2.59. The lowest BCUT2D eigenvalue weighted by atomic mass is 10.2. The molecule has 10 heavy (non-hydrogen) atoms. The molecule has 1 saturated heterocycles. The number of rotatable bonds is 3. The van der Waals surface area contributed by atoms with Crippen molar-refractivity contribution in [3.63, 3.8) is 0 Å². The summed E-state index contributed by atoms with van der Waals surface area (Å²) in [5.74, 6) is 1.07. The second-order valence-corrected chi connectivity index (χ2v) is 3.54. The number of likely N-dealkylation sites (tertiary alicyclic amines) is 1. The monoisotopic (exact) mass is 161 g/mol. The second-order valence-electron chi connectivity index (χ2n) is 2.71. The third kappa shape index (κ3) is 1.87. The number of thioether (sulfide) groups is 1. The molecule has 1 atom stereocenters. The highest BCUT2D eigenvalue weighted by Gasteiger charge is 2.22. The van der Waals surface area contributed by atoms with Crippen LogP contribution in [0.2, 0.25) is 0 Å². The summed E-state index contributed by atoms with van der Waals surface area (Å²) < 4.78 is 0. The van der Waals surface area contributed by atoms with Crippen LogP contribution in [0.3, 0.4) is 0 Å². The average Bonchev–Trinajstić information content (AvgIpc) is 2.36. The van der Waals surface area contributed by atoms with E-state index in [1.165, 1.54) is 19.4 Å². The summed E-state index contributed by atoms with van der Waals surface area (Å²) in [5.41, 5.74) is 0. The van der Waals surface area contributed by atoms with Crippen LogP contribution in [-0.2, 0) is 0 Å². The fourth-order valence-corrected chi connectivity index (χ4v) is 2.11. The minimum atomic E-state index is 0.334. The molecule has 0 spiro atoms. The lowest BCUT2D eigenvalue weighted by Gasteiger charge is -2.20. The minimum Gasteiger partial charge on any atom is -0.395 e. The Morgan fingerprint density at radius 2 is 2.50 bits per heavy atom. The predicted octanol–water partition coefficient (Wildman–Crippen LogP) is 0.764. The van der Waals surface area contributed by atoms with Crippen molar-refractivity contribution in [1.29, 1.82) is 0 Å². The van der Waals surface area contributed by atoms with Gasteiger partial charge in [0.25, 0.3) is 0 Å². The van der Waals surface area contributed by atoms with Gasteiger partial charge in [0.2, 0.25) is 0 Å². The van der Waals surface area contributed by atoms with Gasteiger partial charge < -0.3 is 5.11 Å². The van der Waals surface area contributed by atoms with Crippen LogP contribution < -0.4 is 0 Å². The fourth-order valence-electron chi connectivity index (χ4n) is 1.44. The molecule has 0 unspecified atom stereocenters. The molecule has 2 nitrogen and oxygen atoms in total. The van der Waals surface area contributed by atoms with Crippen molar-refractivity contribution in [2.24, 2.45) is 0 Å². The van der Waals surface area contributed by atoms with E-state index < -0.39 is 0 Å². The molecular formula is C7H15NOS. The second kappa shape index (κ2) is 4.21. The zero-order valence-corrected chi connectivity index (χ0v) is 7.23. The van der Waals surface area contributed by atoms with Crippen molar-refractivity contribution < 1.29 is 5.11 Å². The molecule has 1 rings (SSSR count). The Labute approximate surface area is 66.6 Å². The van der Waals surface area contributed by atoms with Gasteiger partial charge in [0.1, 0.15) is 0 Å². The zero-order valence-electron chi connectivity index (χ0n) is 6.42. The van der Waals surface area contributed by atoms with Gasteiger partial charge in [0.15, 0.2) is 0 Å². The van der Waals surface area contributed by atoms with Crippen LogP contribution >= 0.6 is 11.8 Å². The Morgan fingerprint density at radius 3 is 3.10 bits per heavy atom. The highest BCUT2D eigenvalue weighted by molar-refractivity contribution is 7.98. The van der Waals surface area contributed by atoms with Crippen LogP contribution in [0, 0.1) is 0 Å². The first-order chi connectivity index (χ1) is 4.88. The lowest BCUT2D eigenvalue weighted by Crippen LogP contribution is -2.31. The first-order valence-corrected chi connectivity index (χ1v) is 5.11. The number of hydrogen-bond acceptors (Lipinski definition) is 3. The Kier molecular flexibility index (Phi) is 3.52. The first kappa shape index (κ1) is 8.37. The Hall–Kier alpha value is 0.270. The van der Waals surface area contributed by atoms with Gasteiger partial charge in [-0.15, -0.1) is 11.8 Å². The number of aliphatic hydroxyl groups excluding tert-OH is 1. The molecule has 0 bridgehead atoms. The molecule has 0 amide bonds. The molecule has 1 heterocycles. The molecule has 0 aliphatic carbocycles. The maximum absolute atomic E-state index is 8.91. The topological polar surface area (TPSA) is 23.5 Å². The number of aliphatic hydroxyl groups is 1. The molecule has 3 heteroatoms. The third-order valence-electron chi connectivity index (χ3n) is 2.00. The molecule has 0 saturated carbocycles.